The molecule has 206 valence electrons. The Bertz CT molecular complexity index is 897. The van der Waals surface area contributed by atoms with Crippen LogP contribution in [0.4, 0.5) is 0 Å². The Labute approximate surface area is 221 Å². The number of unbranched alkanes of at least 4 members (excludes halogenated alkanes) is 6. The van der Waals surface area contributed by atoms with Crippen molar-refractivity contribution in [3.8, 4) is 34.5 Å². The van der Waals surface area contributed by atoms with Gasteiger partial charge in [0.15, 0.2) is 23.0 Å². The number of hydrogen-bond donors (Lipinski definition) is 2. The maximum atomic E-state index is 10.6. The van der Waals surface area contributed by atoms with E-state index in [2.05, 4.69) is 13.8 Å². The Balaban J connectivity index is 1.71. The molecule has 2 atom stereocenters. The number of aromatic hydroxyl groups is 2. The van der Waals surface area contributed by atoms with Crippen molar-refractivity contribution in [3.05, 3.63) is 35.4 Å². The van der Waals surface area contributed by atoms with Gasteiger partial charge in [0.05, 0.1) is 39.6 Å². The molecule has 0 bridgehead atoms. The molecule has 7 heteroatoms. The third-order valence-electron chi connectivity index (χ3n) is 6.80. The lowest BCUT2D eigenvalue weighted by atomic mass is 10.0. The highest BCUT2D eigenvalue weighted by atomic mass is 16.5. The molecule has 2 aromatic carbocycles. The van der Waals surface area contributed by atoms with Crippen LogP contribution >= 0.6 is 0 Å². The summed E-state index contributed by atoms with van der Waals surface area (Å²) in [6.07, 6.45) is 9.91. The van der Waals surface area contributed by atoms with Crippen molar-refractivity contribution in [2.45, 2.75) is 90.3 Å². The minimum absolute atomic E-state index is 0.0384. The summed E-state index contributed by atoms with van der Waals surface area (Å²) in [5.41, 5.74) is 1.68. The van der Waals surface area contributed by atoms with Crippen molar-refractivity contribution in [2.24, 2.45) is 0 Å². The molecule has 0 amide bonds. The fourth-order valence-corrected chi connectivity index (χ4v) is 4.76. The molecule has 0 saturated carbocycles. The first-order chi connectivity index (χ1) is 18.0. The van der Waals surface area contributed by atoms with Gasteiger partial charge in [-0.2, -0.15) is 0 Å². The first-order valence-electron chi connectivity index (χ1n) is 13.7. The Hall–Kier alpha value is -2.80. The molecule has 0 aromatic heterocycles. The molecule has 0 unspecified atom stereocenters. The van der Waals surface area contributed by atoms with Gasteiger partial charge in [0, 0.05) is 0 Å². The Morgan fingerprint density at radius 1 is 0.676 bits per heavy atom. The molecular formula is C30H44O7. The van der Waals surface area contributed by atoms with Crippen molar-refractivity contribution in [3.63, 3.8) is 0 Å². The van der Waals surface area contributed by atoms with E-state index >= 15 is 0 Å². The molecule has 0 radical (unpaired) electrons. The fraction of sp³-hybridized carbons (Fsp3) is 0.600. The SMILES string of the molecule is CCCCCCOc1cc([C@H]2CC[C@H](c3cc(O)c(OC)c(OCCCCCC)c3)O2)cc(O)c1OC. The standard InChI is InChI=1S/C30H44O7/c1-5-7-9-11-15-35-27-19-21(17-23(31)29(27)33-3)25-13-14-26(37-25)22-18-24(32)30(34-4)28(20-22)36-16-12-10-8-6-2/h17-20,25-26,31-32H,5-16H2,1-4H3/t25-,26-/m1/s1. The lowest BCUT2D eigenvalue weighted by Crippen LogP contribution is -2.04. The molecule has 1 heterocycles. The second kappa shape index (κ2) is 14.8. The molecule has 3 rings (SSSR count). The van der Waals surface area contributed by atoms with Crippen LogP contribution in [-0.4, -0.2) is 37.6 Å². The fourth-order valence-electron chi connectivity index (χ4n) is 4.76. The van der Waals surface area contributed by atoms with Crippen molar-refractivity contribution >= 4 is 0 Å². The van der Waals surface area contributed by atoms with Crippen molar-refractivity contribution in [1.29, 1.82) is 0 Å². The van der Waals surface area contributed by atoms with Crippen LogP contribution in [0.2, 0.25) is 0 Å². The minimum Gasteiger partial charge on any atom is -0.504 e. The maximum Gasteiger partial charge on any atom is 0.203 e. The van der Waals surface area contributed by atoms with E-state index < -0.39 is 0 Å². The average molecular weight is 517 g/mol. The van der Waals surface area contributed by atoms with Crippen LogP contribution in [0, 0.1) is 0 Å². The number of methoxy groups -OCH3 is 2. The van der Waals surface area contributed by atoms with Gasteiger partial charge in [-0.25, -0.2) is 0 Å². The van der Waals surface area contributed by atoms with Crippen LogP contribution in [-0.2, 0) is 4.74 Å². The number of rotatable bonds is 16. The molecule has 1 aliphatic heterocycles. The van der Waals surface area contributed by atoms with Crippen LogP contribution in [0.3, 0.4) is 0 Å². The van der Waals surface area contributed by atoms with E-state index in [1.165, 1.54) is 39.9 Å². The molecule has 7 nitrogen and oxygen atoms in total. The monoisotopic (exact) mass is 516 g/mol. The van der Waals surface area contributed by atoms with E-state index in [9.17, 15) is 10.2 Å². The van der Waals surface area contributed by atoms with E-state index in [0.29, 0.717) is 36.2 Å². The molecule has 1 saturated heterocycles. The summed E-state index contributed by atoms with van der Waals surface area (Å²) in [6, 6.07) is 7.18. The summed E-state index contributed by atoms with van der Waals surface area (Å²) in [4.78, 5) is 0. The molecule has 0 spiro atoms. The normalized spacial score (nSPS) is 17.1. The molecule has 1 fully saturated rings. The third kappa shape index (κ3) is 7.84. The highest BCUT2D eigenvalue weighted by molar-refractivity contribution is 5.55. The molecular weight excluding hydrogens is 472 g/mol. The number of ether oxygens (including phenoxy) is 5. The van der Waals surface area contributed by atoms with Crippen LogP contribution < -0.4 is 18.9 Å². The highest BCUT2D eigenvalue weighted by Crippen LogP contribution is 2.48. The second-order valence-corrected chi connectivity index (χ2v) is 9.65. The van der Waals surface area contributed by atoms with E-state index in [4.69, 9.17) is 23.7 Å². The smallest absolute Gasteiger partial charge is 0.203 e. The Morgan fingerprint density at radius 3 is 1.49 bits per heavy atom. The lowest BCUT2D eigenvalue weighted by Gasteiger charge is -2.19. The summed E-state index contributed by atoms with van der Waals surface area (Å²) in [6.45, 7) is 5.49. The largest absolute Gasteiger partial charge is 0.504 e. The van der Waals surface area contributed by atoms with Gasteiger partial charge in [0.2, 0.25) is 11.5 Å². The number of hydrogen-bond acceptors (Lipinski definition) is 7. The molecule has 0 aliphatic carbocycles. The Kier molecular flexibility index (Phi) is 11.5. The summed E-state index contributed by atoms with van der Waals surface area (Å²) in [5, 5.41) is 21.2. The van der Waals surface area contributed by atoms with Gasteiger partial charge in [-0.3, -0.25) is 0 Å². The molecule has 2 aromatic rings. The van der Waals surface area contributed by atoms with Gasteiger partial charge in [-0.05, 0) is 61.1 Å². The van der Waals surface area contributed by atoms with E-state index in [-0.39, 0.29) is 23.7 Å². The predicted octanol–water partition coefficient (Wildman–Crippen LogP) is 7.63. The first kappa shape index (κ1) is 28.8. The molecule has 1 aliphatic rings. The highest BCUT2D eigenvalue weighted by Gasteiger charge is 2.31. The summed E-state index contributed by atoms with van der Waals surface area (Å²) < 4.78 is 29.2. The van der Waals surface area contributed by atoms with Gasteiger partial charge in [-0.1, -0.05) is 52.4 Å². The molecule has 37 heavy (non-hydrogen) atoms. The van der Waals surface area contributed by atoms with Crippen LogP contribution in [0.1, 0.15) is 101 Å². The predicted molar refractivity (Wildman–Crippen MR) is 144 cm³/mol. The van der Waals surface area contributed by atoms with Gasteiger partial charge >= 0.3 is 0 Å². The zero-order valence-corrected chi connectivity index (χ0v) is 22.9. The van der Waals surface area contributed by atoms with Crippen LogP contribution in [0.5, 0.6) is 34.5 Å². The number of phenolic OH excluding ortho intramolecular Hbond substituents is 2. The van der Waals surface area contributed by atoms with E-state index in [1.54, 1.807) is 12.1 Å². The van der Waals surface area contributed by atoms with Crippen molar-refractivity contribution in [1.82, 2.24) is 0 Å². The second-order valence-electron chi connectivity index (χ2n) is 9.65. The van der Waals surface area contributed by atoms with Gasteiger partial charge in [0.25, 0.3) is 0 Å². The number of phenols is 2. The summed E-state index contributed by atoms with van der Waals surface area (Å²) >= 11 is 0. The van der Waals surface area contributed by atoms with Crippen molar-refractivity contribution in [2.75, 3.05) is 27.4 Å². The van der Waals surface area contributed by atoms with Gasteiger partial charge in [-0.15, -0.1) is 0 Å². The Morgan fingerprint density at radius 2 is 1.11 bits per heavy atom. The minimum atomic E-state index is -0.216. The average Bonchev–Trinajstić information content (AvgIpc) is 3.38. The third-order valence-corrected chi connectivity index (χ3v) is 6.80. The van der Waals surface area contributed by atoms with Crippen molar-refractivity contribution < 1.29 is 33.9 Å². The quantitative estimate of drug-likeness (QED) is 0.222. The summed E-state index contributed by atoms with van der Waals surface area (Å²) in [5.74, 6) is 1.82. The van der Waals surface area contributed by atoms with Crippen LogP contribution in [0.15, 0.2) is 24.3 Å². The maximum absolute atomic E-state index is 10.6. The van der Waals surface area contributed by atoms with E-state index in [1.807, 2.05) is 12.1 Å². The first-order valence-corrected chi connectivity index (χ1v) is 13.7. The molecule has 2 N–H and O–H groups in total. The zero-order chi connectivity index (χ0) is 26.6. The lowest BCUT2D eigenvalue weighted by molar-refractivity contribution is 0.0434. The van der Waals surface area contributed by atoms with Crippen LogP contribution in [0.25, 0.3) is 0 Å². The van der Waals surface area contributed by atoms with Gasteiger partial charge < -0.3 is 33.9 Å². The summed E-state index contributed by atoms with van der Waals surface area (Å²) in [7, 11) is 3.06. The number of benzene rings is 2. The zero-order valence-electron chi connectivity index (χ0n) is 22.9. The van der Waals surface area contributed by atoms with E-state index in [0.717, 1.165) is 49.7 Å². The van der Waals surface area contributed by atoms with Gasteiger partial charge in [0.1, 0.15) is 0 Å². The topological polar surface area (TPSA) is 86.6 Å².